The molecule has 1 aliphatic heterocycles. The van der Waals surface area contributed by atoms with E-state index in [0.29, 0.717) is 5.92 Å². The van der Waals surface area contributed by atoms with Crippen LogP contribution in [0, 0.1) is 5.92 Å². The minimum absolute atomic E-state index is 0.144. The topological polar surface area (TPSA) is 65.1 Å². The van der Waals surface area contributed by atoms with Crippen LogP contribution in [0.25, 0.3) is 5.69 Å². The monoisotopic (exact) mass is 286 g/mol. The van der Waals surface area contributed by atoms with Gasteiger partial charge < -0.3 is 4.74 Å². The highest BCUT2D eigenvalue weighted by Gasteiger charge is 2.20. The van der Waals surface area contributed by atoms with Crippen LogP contribution in [0.4, 0.5) is 0 Å². The molecular weight excluding hydrogens is 264 g/mol. The first-order valence-electron chi connectivity index (χ1n) is 7.50. The molecule has 3 rings (SSSR count). The molecule has 3 N–H and O–H groups in total. The molecule has 1 aromatic heterocycles. The molecule has 0 aliphatic carbocycles. The Morgan fingerprint density at radius 1 is 1.29 bits per heavy atom. The van der Waals surface area contributed by atoms with Crippen molar-refractivity contribution in [2.24, 2.45) is 11.8 Å². The fraction of sp³-hybridized carbons (Fsp3) is 0.438. The molecule has 1 atom stereocenters. The Labute approximate surface area is 125 Å². The van der Waals surface area contributed by atoms with E-state index in [9.17, 15) is 0 Å². The Morgan fingerprint density at radius 3 is 2.76 bits per heavy atom. The van der Waals surface area contributed by atoms with E-state index < -0.39 is 0 Å². The fourth-order valence-corrected chi connectivity index (χ4v) is 2.85. The molecule has 0 radical (unpaired) electrons. The first kappa shape index (κ1) is 14.3. The number of benzene rings is 1. The minimum atomic E-state index is 0.144. The van der Waals surface area contributed by atoms with Crippen LogP contribution in [0.1, 0.15) is 30.9 Å². The summed E-state index contributed by atoms with van der Waals surface area (Å²) in [5.41, 5.74) is 5.13. The van der Waals surface area contributed by atoms with Gasteiger partial charge in [0, 0.05) is 31.0 Å². The summed E-state index contributed by atoms with van der Waals surface area (Å²) in [6.45, 7) is 1.73. The lowest BCUT2D eigenvalue weighted by atomic mass is 9.91. The Morgan fingerprint density at radius 2 is 2.05 bits per heavy atom. The number of hydrazine groups is 1. The van der Waals surface area contributed by atoms with E-state index in [1.165, 1.54) is 0 Å². The molecule has 112 valence electrons. The van der Waals surface area contributed by atoms with Crippen molar-refractivity contribution in [3.8, 4) is 5.69 Å². The van der Waals surface area contributed by atoms with Crippen LogP contribution in [0.3, 0.4) is 0 Å². The number of para-hydroxylation sites is 1. The van der Waals surface area contributed by atoms with Crippen molar-refractivity contribution in [1.82, 2.24) is 15.2 Å². The number of hydrogen-bond acceptors (Lipinski definition) is 4. The van der Waals surface area contributed by atoms with E-state index in [4.69, 9.17) is 10.6 Å². The van der Waals surface area contributed by atoms with Crippen molar-refractivity contribution in [1.29, 1.82) is 0 Å². The van der Waals surface area contributed by atoms with Crippen molar-refractivity contribution in [3.63, 3.8) is 0 Å². The van der Waals surface area contributed by atoms with Crippen molar-refractivity contribution in [2.45, 2.75) is 25.3 Å². The van der Waals surface area contributed by atoms with Gasteiger partial charge in [0.1, 0.15) is 0 Å². The average Bonchev–Trinajstić information content (AvgIpc) is 3.04. The van der Waals surface area contributed by atoms with Crippen LogP contribution in [-0.2, 0) is 4.74 Å². The lowest BCUT2D eigenvalue weighted by molar-refractivity contribution is 0.0605. The van der Waals surface area contributed by atoms with Gasteiger partial charge in [0.2, 0.25) is 0 Å². The number of hydrogen-bond donors (Lipinski definition) is 2. The molecule has 5 heteroatoms. The van der Waals surface area contributed by atoms with Crippen LogP contribution in [0.15, 0.2) is 42.7 Å². The van der Waals surface area contributed by atoms with Crippen LogP contribution < -0.4 is 11.3 Å². The average molecular weight is 286 g/mol. The summed E-state index contributed by atoms with van der Waals surface area (Å²) in [5.74, 6) is 6.42. The van der Waals surface area contributed by atoms with Gasteiger partial charge in [-0.25, -0.2) is 4.68 Å². The highest BCUT2D eigenvalue weighted by molar-refractivity contribution is 5.31. The predicted octanol–water partition coefficient (Wildman–Crippen LogP) is 2.19. The third kappa shape index (κ3) is 3.50. The second-order valence-corrected chi connectivity index (χ2v) is 5.56. The Bertz CT molecular complexity index is 548. The van der Waals surface area contributed by atoms with E-state index in [1.807, 2.05) is 41.2 Å². The van der Waals surface area contributed by atoms with E-state index in [2.05, 4.69) is 16.7 Å². The molecule has 1 aliphatic rings. The minimum Gasteiger partial charge on any atom is -0.381 e. The lowest BCUT2D eigenvalue weighted by Crippen LogP contribution is -2.30. The molecule has 5 nitrogen and oxygen atoms in total. The fourth-order valence-electron chi connectivity index (χ4n) is 2.85. The number of rotatable bonds is 5. The molecular formula is C16H22N4O. The second-order valence-electron chi connectivity index (χ2n) is 5.56. The SMILES string of the molecule is NNC(CC1CCOCC1)c1cnn(-c2ccccc2)c1. The zero-order chi connectivity index (χ0) is 14.5. The van der Waals surface area contributed by atoms with E-state index in [1.54, 1.807) is 0 Å². The van der Waals surface area contributed by atoms with E-state index in [0.717, 1.165) is 43.7 Å². The van der Waals surface area contributed by atoms with Gasteiger partial charge >= 0.3 is 0 Å². The molecule has 1 fully saturated rings. The summed E-state index contributed by atoms with van der Waals surface area (Å²) < 4.78 is 7.31. The van der Waals surface area contributed by atoms with Gasteiger partial charge in [-0.3, -0.25) is 11.3 Å². The molecule has 0 spiro atoms. The molecule has 1 saturated heterocycles. The van der Waals surface area contributed by atoms with Crippen molar-refractivity contribution < 1.29 is 4.74 Å². The van der Waals surface area contributed by atoms with Crippen LogP contribution in [-0.4, -0.2) is 23.0 Å². The zero-order valence-electron chi connectivity index (χ0n) is 12.1. The highest BCUT2D eigenvalue weighted by atomic mass is 16.5. The van der Waals surface area contributed by atoms with Gasteiger partial charge in [-0.05, 0) is 37.3 Å². The number of aromatic nitrogens is 2. The smallest absolute Gasteiger partial charge is 0.0645 e. The molecule has 0 bridgehead atoms. The van der Waals surface area contributed by atoms with Gasteiger partial charge in [-0.1, -0.05) is 18.2 Å². The summed E-state index contributed by atoms with van der Waals surface area (Å²) in [5, 5.41) is 4.44. The molecule has 21 heavy (non-hydrogen) atoms. The second kappa shape index (κ2) is 6.85. The number of ether oxygens (including phenoxy) is 1. The first-order chi connectivity index (χ1) is 10.4. The maximum atomic E-state index is 5.75. The maximum absolute atomic E-state index is 5.75. The molecule has 1 unspecified atom stereocenters. The van der Waals surface area contributed by atoms with Crippen LogP contribution in [0.5, 0.6) is 0 Å². The first-order valence-corrected chi connectivity index (χ1v) is 7.50. The Hall–Kier alpha value is -1.69. The summed E-state index contributed by atoms with van der Waals surface area (Å²) in [6.07, 6.45) is 7.21. The number of nitrogens with zero attached hydrogens (tertiary/aromatic N) is 2. The lowest BCUT2D eigenvalue weighted by Gasteiger charge is -2.25. The largest absolute Gasteiger partial charge is 0.381 e. The Kier molecular flexibility index (Phi) is 4.65. The van der Waals surface area contributed by atoms with Crippen molar-refractivity contribution in [2.75, 3.05) is 13.2 Å². The molecule has 1 aromatic carbocycles. The summed E-state index contributed by atoms with van der Waals surface area (Å²) in [7, 11) is 0. The third-order valence-electron chi connectivity index (χ3n) is 4.14. The summed E-state index contributed by atoms with van der Waals surface area (Å²) in [6, 6.07) is 10.3. The van der Waals surface area contributed by atoms with E-state index in [-0.39, 0.29) is 6.04 Å². The quantitative estimate of drug-likeness (QED) is 0.653. The standard InChI is InChI=1S/C16H22N4O/c17-19-16(10-13-6-8-21-9-7-13)14-11-18-20(12-14)15-4-2-1-3-5-15/h1-5,11-13,16,19H,6-10,17H2. The number of nitrogens with two attached hydrogens (primary N) is 1. The van der Waals surface area contributed by atoms with Gasteiger partial charge in [0.05, 0.1) is 11.9 Å². The predicted molar refractivity (Wildman–Crippen MR) is 81.8 cm³/mol. The maximum Gasteiger partial charge on any atom is 0.0645 e. The Balaban J connectivity index is 1.71. The number of nitrogens with one attached hydrogen (secondary N) is 1. The van der Waals surface area contributed by atoms with Gasteiger partial charge in [-0.15, -0.1) is 0 Å². The summed E-state index contributed by atoms with van der Waals surface area (Å²) in [4.78, 5) is 0. The molecule has 0 saturated carbocycles. The third-order valence-corrected chi connectivity index (χ3v) is 4.14. The summed E-state index contributed by atoms with van der Waals surface area (Å²) >= 11 is 0. The molecule has 0 amide bonds. The molecule has 2 heterocycles. The van der Waals surface area contributed by atoms with E-state index >= 15 is 0 Å². The van der Waals surface area contributed by atoms with Gasteiger partial charge in [0.25, 0.3) is 0 Å². The normalized spacial score (nSPS) is 17.8. The van der Waals surface area contributed by atoms with Crippen LogP contribution in [0.2, 0.25) is 0 Å². The van der Waals surface area contributed by atoms with Gasteiger partial charge in [0.15, 0.2) is 0 Å². The highest BCUT2D eigenvalue weighted by Crippen LogP contribution is 2.27. The van der Waals surface area contributed by atoms with Crippen LogP contribution >= 0.6 is 0 Å². The van der Waals surface area contributed by atoms with Crippen molar-refractivity contribution in [3.05, 3.63) is 48.3 Å². The van der Waals surface area contributed by atoms with Crippen molar-refractivity contribution >= 4 is 0 Å². The van der Waals surface area contributed by atoms with Gasteiger partial charge in [-0.2, -0.15) is 5.10 Å². The molecule has 2 aromatic rings. The zero-order valence-corrected chi connectivity index (χ0v) is 12.1.